The van der Waals surface area contributed by atoms with E-state index in [0.717, 1.165) is 9.13 Å². The van der Waals surface area contributed by atoms with Crippen LogP contribution in [0, 0.1) is 13.7 Å². The molecule has 1 N–H and O–H groups in total. The maximum absolute atomic E-state index is 12.2. The summed E-state index contributed by atoms with van der Waals surface area (Å²) in [6.07, 6.45) is 1.47. The van der Waals surface area contributed by atoms with Crippen LogP contribution in [0.5, 0.6) is 11.5 Å². The zero-order valence-corrected chi connectivity index (χ0v) is 19.3. The molecule has 3 aromatic rings. The van der Waals surface area contributed by atoms with Crippen LogP contribution >= 0.6 is 22.6 Å². The third kappa shape index (κ3) is 6.27. The van der Waals surface area contributed by atoms with Crippen molar-refractivity contribution in [2.24, 2.45) is 5.10 Å². The Morgan fingerprint density at radius 2 is 1.91 bits per heavy atom. The average molecular weight is 545 g/mol. The molecule has 0 unspecified atom stereocenters. The van der Waals surface area contributed by atoms with E-state index >= 15 is 0 Å². The third-order valence-corrected chi connectivity index (χ3v) is 5.06. The molecule has 1 amide bonds. The van der Waals surface area contributed by atoms with E-state index in [1.54, 1.807) is 6.07 Å². The molecule has 0 radical (unpaired) electrons. The minimum Gasteiger partial charge on any atom is -0.490 e. The molecule has 164 valence electrons. The van der Waals surface area contributed by atoms with Gasteiger partial charge in [-0.05, 0) is 58.8 Å². The van der Waals surface area contributed by atoms with Gasteiger partial charge in [0.25, 0.3) is 11.6 Å². The molecule has 32 heavy (non-hydrogen) atoms. The molecule has 3 aromatic carbocycles. The van der Waals surface area contributed by atoms with Crippen molar-refractivity contribution < 1.29 is 19.2 Å². The maximum Gasteiger partial charge on any atom is 0.271 e. The second-order valence-electron chi connectivity index (χ2n) is 6.54. The van der Waals surface area contributed by atoms with E-state index in [2.05, 4.69) is 33.1 Å². The number of carbonyl (C=O) groups is 1. The first kappa shape index (κ1) is 23.2. The summed E-state index contributed by atoms with van der Waals surface area (Å²) in [5.41, 5.74) is 4.10. The Bertz CT molecular complexity index is 1140. The first-order valence-electron chi connectivity index (χ1n) is 9.69. The second kappa shape index (κ2) is 11.2. The lowest BCUT2D eigenvalue weighted by Crippen LogP contribution is -2.17. The number of non-ortho nitro benzene ring substituents is 1. The minimum absolute atomic E-state index is 0.144. The Labute approximate surface area is 198 Å². The zero-order valence-electron chi connectivity index (χ0n) is 17.2. The summed E-state index contributed by atoms with van der Waals surface area (Å²) in [6, 6.07) is 18.9. The molecule has 0 atom stereocenters. The number of rotatable bonds is 9. The van der Waals surface area contributed by atoms with Crippen LogP contribution < -0.4 is 14.9 Å². The van der Waals surface area contributed by atoms with Crippen LogP contribution in [-0.2, 0) is 6.61 Å². The lowest BCUT2D eigenvalue weighted by molar-refractivity contribution is -0.384. The SMILES string of the molecule is CCOc1cc(C=NNC(=O)c2cccc([N+](=O)[O-])c2)cc(I)c1OCc1ccccc1. The summed E-state index contributed by atoms with van der Waals surface area (Å²) in [5, 5.41) is 14.8. The van der Waals surface area contributed by atoms with Gasteiger partial charge in [0, 0.05) is 17.7 Å². The first-order chi connectivity index (χ1) is 15.5. The smallest absolute Gasteiger partial charge is 0.271 e. The van der Waals surface area contributed by atoms with Crippen LogP contribution in [0.1, 0.15) is 28.4 Å². The number of hydrogen-bond donors (Lipinski definition) is 1. The average Bonchev–Trinajstić information content (AvgIpc) is 2.79. The molecule has 0 aromatic heterocycles. The number of hydrogen-bond acceptors (Lipinski definition) is 6. The van der Waals surface area contributed by atoms with Gasteiger partial charge in [0.1, 0.15) is 6.61 Å². The predicted molar refractivity (Wildman–Crippen MR) is 129 cm³/mol. The van der Waals surface area contributed by atoms with Crippen molar-refractivity contribution in [2.45, 2.75) is 13.5 Å². The summed E-state index contributed by atoms with van der Waals surface area (Å²) in [6.45, 7) is 2.75. The Hall–Kier alpha value is -3.47. The molecule has 0 aliphatic carbocycles. The number of ether oxygens (including phenoxy) is 2. The monoisotopic (exact) mass is 545 g/mol. The van der Waals surface area contributed by atoms with E-state index in [1.807, 2.05) is 43.3 Å². The number of carbonyl (C=O) groups excluding carboxylic acids is 1. The molecular formula is C23H20IN3O5. The number of benzene rings is 3. The van der Waals surface area contributed by atoms with Crippen molar-refractivity contribution in [1.82, 2.24) is 5.43 Å². The molecule has 0 saturated heterocycles. The molecular weight excluding hydrogens is 525 g/mol. The van der Waals surface area contributed by atoms with Gasteiger partial charge >= 0.3 is 0 Å². The van der Waals surface area contributed by atoms with Crippen LogP contribution in [0.15, 0.2) is 71.8 Å². The Morgan fingerprint density at radius 1 is 1.12 bits per heavy atom. The van der Waals surface area contributed by atoms with Crippen molar-refractivity contribution in [2.75, 3.05) is 6.61 Å². The van der Waals surface area contributed by atoms with Gasteiger partial charge in [0.05, 0.1) is 21.3 Å². The Balaban J connectivity index is 1.72. The van der Waals surface area contributed by atoms with Crippen molar-refractivity contribution >= 4 is 40.4 Å². The zero-order chi connectivity index (χ0) is 22.9. The van der Waals surface area contributed by atoms with E-state index in [-0.39, 0.29) is 11.3 Å². The lowest BCUT2D eigenvalue weighted by atomic mass is 10.2. The number of nitro groups is 1. The van der Waals surface area contributed by atoms with Crippen LogP contribution in [-0.4, -0.2) is 23.7 Å². The van der Waals surface area contributed by atoms with Gasteiger partial charge in [-0.2, -0.15) is 5.10 Å². The number of nitro benzene ring substituents is 1. The van der Waals surface area contributed by atoms with E-state index in [9.17, 15) is 14.9 Å². The summed E-state index contributed by atoms with van der Waals surface area (Å²) in [7, 11) is 0. The van der Waals surface area contributed by atoms with Gasteiger partial charge in [0.2, 0.25) is 0 Å². The topological polar surface area (TPSA) is 103 Å². The van der Waals surface area contributed by atoms with Crippen molar-refractivity contribution in [3.05, 3.63) is 97.1 Å². The van der Waals surface area contributed by atoms with Gasteiger partial charge in [-0.1, -0.05) is 36.4 Å². The molecule has 0 heterocycles. The second-order valence-corrected chi connectivity index (χ2v) is 7.71. The van der Waals surface area contributed by atoms with Gasteiger partial charge in [-0.3, -0.25) is 14.9 Å². The molecule has 0 bridgehead atoms. The number of halogens is 1. The highest BCUT2D eigenvalue weighted by Gasteiger charge is 2.13. The minimum atomic E-state index is -0.557. The molecule has 0 aliphatic heterocycles. The number of nitrogens with one attached hydrogen (secondary N) is 1. The first-order valence-corrected chi connectivity index (χ1v) is 10.8. The van der Waals surface area contributed by atoms with Gasteiger partial charge in [-0.15, -0.1) is 0 Å². The highest BCUT2D eigenvalue weighted by Crippen LogP contribution is 2.34. The van der Waals surface area contributed by atoms with Crippen molar-refractivity contribution in [1.29, 1.82) is 0 Å². The molecule has 0 saturated carbocycles. The van der Waals surface area contributed by atoms with E-state index in [0.29, 0.717) is 30.3 Å². The van der Waals surface area contributed by atoms with Crippen LogP contribution in [0.3, 0.4) is 0 Å². The molecule has 0 spiro atoms. The van der Waals surface area contributed by atoms with Gasteiger partial charge in [-0.25, -0.2) is 5.43 Å². The summed E-state index contributed by atoms with van der Waals surface area (Å²) in [5.74, 6) is 0.656. The Morgan fingerprint density at radius 3 is 2.62 bits per heavy atom. The highest BCUT2D eigenvalue weighted by atomic mass is 127. The normalized spacial score (nSPS) is 10.7. The van der Waals surface area contributed by atoms with Gasteiger partial charge < -0.3 is 9.47 Å². The van der Waals surface area contributed by atoms with E-state index in [1.165, 1.54) is 30.5 Å². The van der Waals surface area contributed by atoms with Gasteiger partial charge in [0.15, 0.2) is 11.5 Å². The number of amides is 1. The Kier molecular flexibility index (Phi) is 8.14. The van der Waals surface area contributed by atoms with E-state index in [4.69, 9.17) is 9.47 Å². The fourth-order valence-electron chi connectivity index (χ4n) is 2.79. The summed E-state index contributed by atoms with van der Waals surface area (Å²) < 4.78 is 12.6. The fourth-order valence-corrected chi connectivity index (χ4v) is 3.57. The standard InChI is InChI=1S/C23H20IN3O5/c1-2-31-21-12-17(11-20(24)22(21)32-15-16-7-4-3-5-8-16)14-25-26-23(28)18-9-6-10-19(13-18)27(29)30/h3-14H,2,15H2,1H3,(H,26,28). The highest BCUT2D eigenvalue weighted by molar-refractivity contribution is 14.1. The molecule has 3 rings (SSSR count). The third-order valence-electron chi connectivity index (χ3n) is 4.26. The maximum atomic E-state index is 12.2. The van der Waals surface area contributed by atoms with Crippen molar-refractivity contribution in [3.63, 3.8) is 0 Å². The lowest BCUT2D eigenvalue weighted by Gasteiger charge is -2.14. The van der Waals surface area contributed by atoms with Crippen molar-refractivity contribution in [3.8, 4) is 11.5 Å². The predicted octanol–water partition coefficient (Wildman–Crippen LogP) is 4.94. The van der Waals surface area contributed by atoms with Crippen LogP contribution in [0.4, 0.5) is 5.69 Å². The molecule has 9 heteroatoms. The number of hydrazone groups is 1. The van der Waals surface area contributed by atoms with Crippen LogP contribution in [0.2, 0.25) is 0 Å². The summed E-state index contributed by atoms with van der Waals surface area (Å²) >= 11 is 2.16. The largest absolute Gasteiger partial charge is 0.490 e. The molecule has 0 fully saturated rings. The summed E-state index contributed by atoms with van der Waals surface area (Å²) in [4.78, 5) is 22.5. The number of nitrogens with zero attached hydrogens (tertiary/aromatic N) is 2. The molecule has 0 aliphatic rings. The molecule has 8 nitrogen and oxygen atoms in total. The fraction of sp³-hybridized carbons (Fsp3) is 0.130. The van der Waals surface area contributed by atoms with Crippen LogP contribution in [0.25, 0.3) is 0 Å². The van der Waals surface area contributed by atoms with E-state index < -0.39 is 10.8 Å². The quantitative estimate of drug-likeness (QED) is 0.178.